The van der Waals surface area contributed by atoms with Crippen LogP contribution >= 0.6 is 27.3 Å². The summed E-state index contributed by atoms with van der Waals surface area (Å²) in [5, 5.41) is 6.03. The van der Waals surface area contributed by atoms with Crippen molar-refractivity contribution in [3.05, 3.63) is 38.9 Å². The van der Waals surface area contributed by atoms with Crippen LogP contribution in [0, 0.1) is 5.82 Å². The molecule has 1 aromatic carbocycles. The number of morpholine rings is 1. The lowest BCUT2D eigenvalue weighted by atomic mass is 10.1. The van der Waals surface area contributed by atoms with Crippen molar-refractivity contribution in [2.24, 2.45) is 0 Å². The van der Waals surface area contributed by atoms with Gasteiger partial charge in [0.1, 0.15) is 16.9 Å². The number of aromatic nitrogens is 1. The highest BCUT2D eigenvalue weighted by Gasteiger charge is 2.20. The van der Waals surface area contributed by atoms with Gasteiger partial charge in [0.2, 0.25) is 0 Å². The van der Waals surface area contributed by atoms with Crippen LogP contribution < -0.4 is 5.32 Å². The Kier molecular flexibility index (Phi) is 3.93. The third kappa shape index (κ3) is 2.86. The molecule has 1 aromatic heterocycles. The van der Waals surface area contributed by atoms with Gasteiger partial charge in [0.25, 0.3) is 0 Å². The van der Waals surface area contributed by atoms with E-state index < -0.39 is 0 Å². The summed E-state index contributed by atoms with van der Waals surface area (Å²) in [5.41, 5.74) is 1.17. The van der Waals surface area contributed by atoms with Crippen LogP contribution in [0.2, 0.25) is 0 Å². The van der Waals surface area contributed by atoms with Gasteiger partial charge in [-0.15, -0.1) is 11.3 Å². The lowest BCUT2D eigenvalue weighted by molar-refractivity contribution is 0.0276. The van der Waals surface area contributed by atoms with Gasteiger partial charge in [-0.05, 0) is 18.2 Å². The van der Waals surface area contributed by atoms with E-state index in [1.807, 2.05) is 5.38 Å². The Morgan fingerprint density at radius 3 is 3.16 bits per heavy atom. The number of benzene rings is 1. The summed E-state index contributed by atoms with van der Waals surface area (Å²) >= 11 is 4.86. The van der Waals surface area contributed by atoms with Gasteiger partial charge in [0.05, 0.1) is 12.3 Å². The first-order valence-corrected chi connectivity index (χ1v) is 7.64. The lowest BCUT2D eigenvalue weighted by Gasteiger charge is -2.21. The third-order valence-electron chi connectivity index (χ3n) is 2.93. The molecule has 1 aliphatic rings. The zero-order chi connectivity index (χ0) is 13.2. The highest BCUT2D eigenvalue weighted by atomic mass is 79.9. The first kappa shape index (κ1) is 13.2. The van der Waals surface area contributed by atoms with Crippen molar-refractivity contribution in [3.63, 3.8) is 0 Å². The van der Waals surface area contributed by atoms with Crippen LogP contribution in [0.15, 0.2) is 28.1 Å². The molecule has 0 aliphatic carbocycles. The summed E-state index contributed by atoms with van der Waals surface area (Å²) in [6, 6.07) is 4.87. The van der Waals surface area contributed by atoms with Crippen molar-refractivity contribution >= 4 is 27.3 Å². The summed E-state index contributed by atoms with van der Waals surface area (Å²) in [6.45, 7) is 2.31. The minimum atomic E-state index is -0.261. The number of hydrogen-bond donors (Lipinski definition) is 1. The molecule has 3 nitrogen and oxygen atoms in total. The molecule has 1 N–H and O–H groups in total. The Hall–Kier alpha value is -0.820. The molecule has 100 valence electrons. The smallest absolute Gasteiger partial charge is 0.132 e. The van der Waals surface area contributed by atoms with Gasteiger partial charge in [-0.3, -0.25) is 0 Å². The Morgan fingerprint density at radius 1 is 1.47 bits per heavy atom. The maximum absolute atomic E-state index is 13.8. The predicted octanol–water partition coefficient (Wildman–Crippen LogP) is 3.37. The van der Waals surface area contributed by atoms with Crippen molar-refractivity contribution in [2.45, 2.75) is 6.10 Å². The van der Waals surface area contributed by atoms with Gasteiger partial charge < -0.3 is 10.1 Å². The molecule has 1 atom stereocenters. The fourth-order valence-corrected chi connectivity index (χ4v) is 3.20. The number of rotatable bonds is 2. The van der Waals surface area contributed by atoms with E-state index in [1.54, 1.807) is 12.1 Å². The van der Waals surface area contributed by atoms with Gasteiger partial charge >= 0.3 is 0 Å². The van der Waals surface area contributed by atoms with E-state index in [1.165, 1.54) is 17.4 Å². The molecule has 0 saturated carbocycles. The first-order chi connectivity index (χ1) is 9.24. The second kappa shape index (κ2) is 5.66. The van der Waals surface area contributed by atoms with Gasteiger partial charge in [-0.25, -0.2) is 9.37 Å². The number of nitrogens with one attached hydrogen (secondary N) is 1. The molecular formula is C13H12BrFN2OS. The van der Waals surface area contributed by atoms with Gasteiger partial charge in [0, 0.05) is 28.5 Å². The summed E-state index contributed by atoms with van der Waals surface area (Å²) in [6.07, 6.45) is -0.0253. The van der Waals surface area contributed by atoms with Crippen molar-refractivity contribution in [2.75, 3.05) is 19.7 Å². The van der Waals surface area contributed by atoms with Crippen LogP contribution in [0.5, 0.6) is 0 Å². The Morgan fingerprint density at radius 2 is 2.37 bits per heavy atom. The Bertz CT molecular complexity index is 584. The number of ether oxygens (including phenoxy) is 1. The van der Waals surface area contributed by atoms with Crippen molar-refractivity contribution in [1.29, 1.82) is 0 Å². The van der Waals surface area contributed by atoms with E-state index in [0.29, 0.717) is 17.9 Å². The standard InChI is InChI=1S/C13H12BrFN2OS/c14-8-1-2-10(15)9(5-8)11-7-19-13(17-11)12-6-16-3-4-18-12/h1-2,5,7,12,16H,3-4,6H2. The third-order valence-corrected chi connectivity index (χ3v) is 4.36. The van der Waals surface area contributed by atoms with Crippen molar-refractivity contribution in [3.8, 4) is 11.3 Å². The zero-order valence-corrected chi connectivity index (χ0v) is 12.4. The molecule has 6 heteroatoms. The van der Waals surface area contributed by atoms with Crippen LogP contribution in [-0.4, -0.2) is 24.7 Å². The largest absolute Gasteiger partial charge is 0.368 e. The minimum Gasteiger partial charge on any atom is -0.368 e. The molecule has 19 heavy (non-hydrogen) atoms. The molecule has 3 rings (SSSR count). The SMILES string of the molecule is Fc1ccc(Br)cc1-c1csc(C2CNCCO2)n1. The van der Waals surface area contributed by atoms with Gasteiger partial charge in [-0.2, -0.15) is 0 Å². The molecule has 0 spiro atoms. The topological polar surface area (TPSA) is 34.1 Å². The summed E-state index contributed by atoms with van der Waals surface area (Å²) < 4.78 is 20.3. The molecule has 2 heterocycles. The summed E-state index contributed by atoms with van der Waals surface area (Å²) in [4.78, 5) is 4.50. The predicted molar refractivity (Wildman–Crippen MR) is 76.8 cm³/mol. The molecule has 1 aliphatic heterocycles. The van der Waals surface area contributed by atoms with Crippen LogP contribution in [-0.2, 0) is 4.74 Å². The van der Waals surface area contributed by atoms with E-state index in [-0.39, 0.29) is 11.9 Å². The van der Waals surface area contributed by atoms with E-state index >= 15 is 0 Å². The monoisotopic (exact) mass is 342 g/mol. The molecule has 0 radical (unpaired) electrons. The Labute approximate surface area is 122 Å². The van der Waals surface area contributed by atoms with E-state index in [2.05, 4.69) is 26.2 Å². The fraction of sp³-hybridized carbons (Fsp3) is 0.308. The van der Waals surface area contributed by atoms with Gasteiger partial charge in [0.15, 0.2) is 0 Å². The average Bonchev–Trinajstić information content (AvgIpc) is 2.92. The van der Waals surface area contributed by atoms with Crippen LogP contribution in [0.4, 0.5) is 4.39 Å². The summed E-state index contributed by atoms with van der Waals surface area (Å²) in [7, 11) is 0. The van der Waals surface area contributed by atoms with Crippen LogP contribution in [0.25, 0.3) is 11.3 Å². The minimum absolute atomic E-state index is 0.0253. The highest BCUT2D eigenvalue weighted by Crippen LogP contribution is 2.30. The number of thiazole rings is 1. The lowest BCUT2D eigenvalue weighted by Crippen LogP contribution is -2.33. The molecule has 1 fully saturated rings. The quantitative estimate of drug-likeness (QED) is 0.908. The molecule has 1 unspecified atom stereocenters. The van der Waals surface area contributed by atoms with E-state index in [9.17, 15) is 4.39 Å². The number of halogens is 2. The van der Waals surface area contributed by atoms with Crippen LogP contribution in [0.3, 0.4) is 0 Å². The Balaban J connectivity index is 1.89. The maximum Gasteiger partial charge on any atom is 0.132 e. The normalized spacial score (nSPS) is 19.6. The molecule has 0 amide bonds. The second-order valence-electron chi connectivity index (χ2n) is 4.26. The van der Waals surface area contributed by atoms with Gasteiger partial charge in [-0.1, -0.05) is 15.9 Å². The average molecular weight is 343 g/mol. The fourth-order valence-electron chi connectivity index (χ4n) is 1.98. The molecule has 0 bridgehead atoms. The highest BCUT2D eigenvalue weighted by molar-refractivity contribution is 9.10. The second-order valence-corrected chi connectivity index (χ2v) is 6.06. The van der Waals surface area contributed by atoms with Crippen molar-refractivity contribution < 1.29 is 9.13 Å². The molecular weight excluding hydrogens is 331 g/mol. The number of hydrogen-bond acceptors (Lipinski definition) is 4. The van der Waals surface area contributed by atoms with Crippen LogP contribution in [0.1, 0.15) is 11.1 Å². The van der Waals surface area contributed by atoms with Crippen molar-refractivity contribution in [1.82, 2.24) is 10.3 Å². The van der Waals surface area contributed by atoms with E-state index in [4.69, 9.17) is 4.74 Å². The number of nitrogens with zero attached hydrogens (tertiary/aromatic N) is 1. The zero-order valence-electron chi connectivity index (χ0n) is 10.0. The first-order valence-electron chi connectivity index (χ1n) is 5.97. The molecule has 1 saturated heterocycles. The molecule has 2 aromatic rings. The van der Waals surface area contributed by atoms with E-state index in [0.717, 1.165) is 22.6 Å². The summed E-state index contributed by atoms with van der Waals surface area (Å²) in [5.74, 6) is -0.261. The maximum atomic E-state index is 13.8.